The van der Waals surface area contributed by atoms with Gasteiger partial charge in [0, 0.05) is 12.8 Å². The SMILES string of the molecule is NC(=O)[C@@H](Cc1cccc(OCc2ccccc2)c1)NC(=O)[C@H]1CCC(=O)N1. The third-order valence-electron chi connectivity index (χ3n) is 4.56. The van der Waals surface area contributed by atoms with Gasteiger partial charge in [-0.1, -0.05) is 42.5 Å². The number of rotatable bonds is 8. The smallest absolute Gasteiger partial charge is 0.243 e. The fraction of sp³-hybridized carbons (Fsp3) is 0.286. The Balaban J connectivity index is 1.60. The molecule has 1 aliphatic heterocycles. The van der Waals surface area contributed by atoms with Crippen molar-refractivity contribution in [3.8, 4) is 5.75 Å². The normalized spacial score (nSPS) is 16.9. The molecule has 1 heterocycles. The van der Waals surface area contributed by atoms with Crippen LogP contribution in [0, 0.1) is 0 Å². The lowest BCUT2D eigenvalue weighted by atomic mass is 10.0. The van der Waals surface area contributed by atoms with Crippen molar-refractivity contribution in [2.45, 2.75) is 38.0 Å². The highest BCUT2D eigenvalue weighted by molar-refractivity contribution is 5.93. The molecule has 0 saturated carbocycles. The lowest BCUT2D eigenvalue weighted by Gasteiger charge is -2.18. The molecule has 2 aromatic carbocycles. The van der Waals surface area contributed by atoms with E-state index < -0.39 is 23.9 Å². The molecule has 7 heteroatoms. The van der Waals surface area contributed by atoms with Gasteiger partial charge in [-0.15, -0.1) is 0 Å². The molecular formula is C21H23N3O4. The van der Waals surface area contributed by atoms with Gasteiger partial charge in [-0.25, -0.2) is 0 Å². The van der Waals surface area contributed by atoms with Crippen molar-refractivity contribution in [2.75, 3.05) is 0 Å². The number of ether oxygens (including phenoxy) is 1. The molecule has 1 saturated heterocycles. The summed E-state index contributed by atoms with van der Waals surface area (Å²) in [6.07, 6.45) is 0.962. The molecule has 0 aliphatic carbocycles. The first kappa shape index (κ1) is 19.4. The van der Waals surface area contributed by atoms with Crippen molar-refractivity contribution < 1.29 is 19.1 Å². The Bertz CT molecular complexity index is 854. The molecule has 3 rings (SSSR count). The van der Waals surface area contributed by atoms with Gasteiger partial charge >= 0.3 is 0 Å². The van der Waals surface area contributed by atoms with Crippen LogP contribution in [0.2, 0.25) is 0 Å². The summed E-state index contributed by atoms with van der Waals surface area (Å²) in [6.45, 7) is 0.432. The molecule has 3 amide bonds. The van der Waals surface area contributed by atoms with E-state index in [-0.39, 0.29) is 12.3 Å². The molecule has 1 aliphatic rings. The minimum atomic E-state index is -0.866. The quantitative estimate of drug-likeness (QED) is 0.635. The van der Waals surface area contributed by atoms with Crippen LogP contribution >= 0.6 is 0 Å². The molecule has 0 spiro atoms. The zero-order chi connectivity index (χ0) is 19.9. The largest absolute Gasteiger partial charge is 0.489 e. The Morgan fingerprint density at radius 2 is 1.89 bits per heavy atom. The van der Waals surface area contributed by atoms with Gasteiger partial charge in [0.2, 0.25) is 17.7 Å². The summed E-state index contributed by atoms with van der Waals surface area (Å²) < 4.78 is 5.80. The van der Waals surface area contributed by atoms with Crippen molar-refractivity contribution in [2.24, 2.45) is 5.73 Å². The molecule has 0 radical (unpaired) electrons. The fourth-order valence-electron chi connectivity index (χ4n) is 3.04. The fourth-order valence-corrected chi connectivity index (χ4v) is 3.04. The van der Waals surface area contributed by atoms with E-state index >= 15 is 0 Å². The molecule has 4 N–H and O–H groups in total. The Morgan fingerprint density at radius 1 is 1.14 bits per heavy atom. The molecule has 28 heavy (non-hydrogen) atoms. The Morgan fingerprint density at radius 3 is 2.57 bits per heavy atom. The number of primary amides is 1. The molecular weight excluding hydrogens is 358 g/mol. The number of hydrogen-bond donors (Lipinski definition) is 3. The third-order valence-corrected chi connectivity index (χ3v) is 4.56. The molecule has 2 atom stereocenters. The van der Waals surface area contributed by atoms with Gasteiger partial charge in [0.15, 0.2) is 0 Å². The van der Waals surface area contributed by atoms with Crippen LogP contribution in [0.5, 0.6) is 5.75 Å². The van der Waals surface area contributed by atoms with Crippen LogP contribution in [0.1, 0.15) is 24.0 Å². The second-order valence-electron chi connectivity index (χ2n) is 6.75. The summed E-state index contributed by atoms with van der Waals surface area (Å²) in [7, 11) is 0. The molecule has 0 aromatic heterocycles. The van der Waals surface area contributed by atoms with E-state index in [4.69, 9.17) is 10.5 Å². The molecule has 2 aromatic rings. The predicted octanol–water partition coefficient (Wildman–Crippen LogP) is 1.06. The van der Waals surface area contributed by atoms with Crippen LogP contribution in [0.4, 0.5) is 0 Å². The molecule has 1 fully saturated rings. The van der Waals surface area contributed by atoms with Gasteiger partial charge in [-0.2, -0.15) is 0 Å². The maximum atomic E-state index is 12.3. The number of amides is 3. The lowest BCUT2D eigenvalue weighted by molar-refractivity contribution is -0.129. The van der Waals surface area contributed by atoms with Crippen LogP contribution in [-0.2, 0) is 27.4 Å². The monoisotopic (exact) mass is 381 g/mol. The topological polar surface area (TPSA) is 111 Å². The molecule has 146 valence electrons. The Kier molecular flexibility index (Phi) is 6.26. The summed E-state index contributed by atoms with van der Waals surface area (Å²) in [5.74, 6) is -0.530. The number of benzene rings is 2. The minimum Gasteiger partial charge on any atom is -0.489 e. The lowest BCUT2D eigenvalue weighted by Crippen LogP contribution is -2.51. The number of nitrogens with one attached hydrogen (secondary N) is 2. The standard InChI is InChI=1S/C21H23N3O4/c22-20(26)18(24-21(27)17-9-10-19(25)23-17)12-15-7-4-8-16(11-15)28-13-14-5-2-1-3-6-14/h1-8,11,17-18H,9-10,12-13H2,(H2,22,26)(H,23,25)(H,24,27)/t17-,18-/m1/s1. The minimum absolute atomic E-state index is 0.168. The second-order valence-corrected chi connectivity index (χ2v) is 6.75. The summed E-state index contributed by atoms with van der Waals surface area (Å²) >= 11 is 0. The van der Waals surface area contributed by atoms with Crippen molar-refractivity contribution >= 4 is 17.7 Å². The van der Waals surface area contributed by atoms with Crippen molar-refractivity contribution in [1.82, 2.24) is 10.6 Å². The van der Waals surface area contributed by atoms with E-state index in [2.05, 4.69) is 10.6 Å². The van der Waals surface area contributed by atoms with E-state index in [9.17, 15) is 14.4 Å². The molecule has 0 bridgehead atoms. The van der Waals surface area contributed by atoms with Gasteiger partial charge in [-0.3, -0.25) is 14.4 Å². The van der Waals surface area contributed by atoms with E-state index in [0.29, 0.717) is 25.2 Å². The average molecular weight is 381 g/mol. The van der Waals surface area contributed by atoms with Crippen LogP contribution in [0.3, 0.4) is 0 Å². The van der Waals surface area contributed by atoms with Crippen molar-refractivity contribution in [3.05, 3.63) is 65.7 Å². The zero-order valence-electron chi connectivity index (χ0n) is 15.4. The van der Waals surface area contributed by atoms with Gasteiger partial charge < -0.3 is 21.1 Å². The van der Waals surface area contributed by atoms with E-state index in [1.807, 2.05) is 54.6 Å². The first-order valence-corrected chi connectivity index (χ1v) is 9.16. The van der Waals surface area contributed by atoms with Gasteiger partial charge in [-0.05, 0) is 29.7 Å². The predicted molar refractivity (Wildman–Crippen MR) is 103 cm³/mol. The van der Waals surface area contributed by atoms with Crippen LogP contribution in [0.15, 0.2) is 54.6 Å². The maximum absolute atomic E-state index is 12.3. The first-order valence-electron chi connectivity index (χ1n) is 9.16. The van der Waals surface area contributed by atoms with E-state index in [1.54, 1.807) is 0 Å². The van der Waals surface area contributed by atoms with Crippen LogP contribution in [0.25, 0.3) is 0 Å². The first-order chi connectivity index (χ1) is 13.5. The summed E-state index contributed by atoms with van der Waals surface area (Å²) in [4.78, 5) is 35.3. The maximum Gasteiger partial charge on any atom is 0.243 e. The molecule has 7 nitrogen and oxygen atoms in total. The summed E-state index contributed by atoms with van der Waals surface area (Å²) in [5.41, 5.74) is 7.32. The third kappa shape index (κ3) is 5.33. The van der Waals surface area contributed by atoms with E-state index in [0.717, 1.165) is 11.1 Å². The Hall–Kier alpha value is -3.35. The zero-order valence-corrected chi connectivity index (χ0v) is 15.4. The van der Waals surface area contributed by atoms with Crippen LogP contribution in [-0.4, -0.2) is 29.8 Å². The van der Waals surface area contributed by atoms with Crippen molar-refractivity contribution in [3.63, 3.8) is 0 Å². The Labute approximate surface area is 163 Å². The highest BCUT2D eigenvalue weighted by Crippen LogP contribution is 2.17. The second kappa shape index (κ2) is 9.03. The number of nitrogens with two attached hydrogens (primary N) is 1. The summed E-state index contributed by atoms with van der Waals surface area (Å²) in [6, 6.07) is 15.6. The average Bonchev–Trinajstić information content (AvgIpc) is 3.13. The highest BCUT2D eigenvalue weighted by Gasteiger charge is 2.29. The van der Waals surface area contributed by atoms with Crippen LogP contribution < -0.4 is 21.1 Å². The van der Waals surface area contributed by atoms with Gasteiger partial charge in [0.25, 0.3) is 0 Å². The number of carbonyl (C=O) groups excluding carboxylic acids is 3. The number of hydrogen-bond acceptors (Lipinski definition) is 4. The molecule has 0 unspecified atom stereocenters. The highest BCUT2D eigenvalue weighted by atomic mass is 16.5. The van der Waals surface area contributed by atoms with E-state index in [1.165, 1.54) is 0 Å². The number of carbonyl (C=O) groups is 3. The van der Waals surface area contributed by atoms with Gasteiger partial charge in [0.1, 0.15) is 24.4 Å². The van der Waals surface area contributed by atoms with Crippen molar-refractivity contribution in [1.29, 1.82) is 0 Å². The van der Waals surface area contributed by atoms with Gasteiger partial charge in [0.05, 0.1) is 0 Å². The summed E-state index contributed by atoms with van der Waals surface area (Å²) in [5, 5.41) is 5.22.